The number of carbonyl (C=O) groups excluding carboxylic acids is 1. The molecule has 2 aromatic heterocycles. The first-order valence-corrected chi connectivity index (χ1v) is 9.22. The predicted octanol–water partition coefficient (Wildman–Crippen LogP) is 2.05. The van der Waals surface area contributed by atoms with Gasteiger partial charge >= 0.3 is 0 Å². The summed E-state index contributed by atoms with van der Waals surface area (Å²) in [4.78, 5) is 30.0. The number of nitrogen functional groups attached to an aromatic ring is 1. The molecule has 0 aliphatic carbocycles. The summed E-state index contributed by atoms with van der Waals surface area (Å²) < 4.78 is 5.08. The summed E-state index contributed by atoms with van der Waals surface area (Å²) in [7, 11) is 0. The second-order valence-corrected chi connectivity index (χ2v) is 7.06. The zero-order valence-corrected chi connectivity index (χ0v) is 15.4. The minimum absolute atomic E-state index is 0.133. The van der Waals surface area contributed by atoms with Gasteiger partial charge < -0.3 is 20.1 Å². The average Bonchev–Trinajstić information content (AvgIpc) is 3.32. The molecule has 9 nitrogen and oxygen atoms in total. The molecule has 2 N–H and O–H groups in total. The van der Waals surface area contributed by atoms with Crippen LogP contribution in [0, 0.1) is 6.92 Å². The standard InChI is InChI=1S/C19H19N7O2/c1-11-22-16(24-28-11)12-4-2-5-13(8-12)26-10-14-6-3-7-25(14)17-15(18(26)27)9-21-19(20)23-17/h2,4-5,8-9,14H,3,6-7,10H2,1H3,(H2,20,21,23)/t14-/m0/s1. The van der Waals surface area contributed by atoms with Crippen LogP contribution in [0.1, 0.15) is 29.1 Å². The number of aromatic nitrogens is 4. The minimum Gasteiger partial charge on any atom is -0.368 e. The molecular formula is C19H19N7O2. The molecule has 4 heterocycles. The van der Waals surface area contributed by atoms with Crippen molar-refractivity contribution in [3.8, 4) is 11.4 Å². The third-order valence-electron chi connectivity index (χ3n) is 5.25. The third kappa shape index (κ3) is 2.67. The zero-order valence-electron chi connectivity index (χ0n) is 15.4. The Balaban J connectivity index is 1.59. The molecule has 0 unspecified atom stereocenters. The average molecular weight is 377 g/mol. The number of carbonyl (C=O) groups is 1. The lowest BCUT2D eigenvalue weighted by Gasteiger charge is -2.27. The molecule has 0 radical (unpaired) electrons. The van der Waals surface area contributed by atoms with E-state index < -0.39 is 0 Å². The maximum absolute atomic E-state index is 13.4. The van der Waals surface area contributed by atoms with Crippen LogP contribution in [-0.2, 0) is 0 Å². The largest absolute Gasteiger partial charge is 0.368 e. The summed E-state index contributed by atoms with van der Waals surface area (Å²) in [6.45, 7) is 3.18. The summed E-state index contributed by atoms with van der Waals surface area (Å²) in [6, 6.07) is 7.80. The topological polar surface area (TPSA) is 114 Å². The molecule has 0 saturated carbocycles. The van der Waals surface area contributed by atoms with E-state index in [0.29, 0.717) is 29.6 Å². The maximum Gasteiger partial charge on any atom is 0.263 e. The van der Waals surface area contributed by atoms with Crippen molar-refractivity contribution in [1.82, 2.24) is 20.1 Å². The van der Waals surface area contributed by atoms with Gasteiger partial charge in [0.25, 0.3) is 5.91 Å². The summed E-state index contributed by atoms with van der Waals surface area (Å²) >= 11 is 0. The Labute approximate surface area is 161 Å². The monoisotopic (exact) mass is 377 g/mol. The molecule has 142 valence electrons. The van der Waals surface area contributed by atoms with Gasteiger partial charge in [0.05, 0.1) is 0 Å². The number of nitrogens with two attached hydrogens (primary N) is 1. The van der Waals surface area contributed by atoms with Crippen LogP contribution >= 0.6 is 0 Å². The molecule has 2 aliphatic rings. The highest BCUT2D eigenvalue weighted by Crippen LogP contribution is 2.34. The first-order valence-electron chi connectivity index (χ1n) is 9.22. The Morgan fingerprint density at radius 1 is 1.29 bits per heavy atom. The molecular weight excluding hydrogens is 358 g/mol. The van der Waals surface area contributed by atoms with Gasteiger partial charge in [0.1, 0.15) is 11.4 Å². The lowest BCUT2D eigenvalue weighted by molar-refractivity contribution is 0.0988. The maximum atomic E-state index is 13.4. The molecule has 1 fully saturated rings. The van der Waals surface area contributed by atoms with Crippen molar-refractivity contribution in [2.45, 2.75) is 25.8 Å². The van der Waals surface area contributed by atoms with Crippen LogP contribution in [0.25, 0.3) is 11.4 Å². The van der Waals surface area contributed by atoms with Gasteiger partial charge in [-0.1, -0.05) is 17.3 Å². The SMILES string of the molecule is Cc1nc(-c2cccc(N3C[C@@H]4CCCN4c4nc(N)ncc4C3=O)c2)no1. The van der Waals surface area contributed by atoms with Crippen molar-refractivity contribution < 1.29 is 9.32 Å². The molecule has 0 spiro atoms. The highest BCUT2D eigenvalue weighted by Gasteiger charge is 2.37. The molecule has 1 aromatic carbocycles. The van der Waals surface area contributed by atoms with Gasteiger partial charge in [0.15, 0.2) is 0 Å². The molecule has 3 aromatic rings. The number of rotatable bonds is 2. The fraction of sp³-hybridized carbons (Fsp3) is 0.316. The van der Waals surface area contributed by atoms with E-state index >= 15 is 0 Å². The van der Waals surface area contributed by atoms with Crippen LogP contribution in [-0.4, -0.2) is 45.1 Å². The fourth-order valence-corrected chi connectivity index (χ4v) is 3.95. The molecule has 28 heavy (non-hydrogen) atoms. The van der Waals surface area contributed by atoms with Crippen molar-refractivity contribution in [3.05, 3.63) is 41.9 Å². The molecule has 5 rings (SSSR count). The number of aryl methyl sites for hydroxylation is 1. The van der Waals surface area contributed by atoms with Crippen LogP contribution in [0.4, 0.5) is 17.5 Å². The lowest BCUT2D eigenvalue weighted by atomic mass is 10.1. The quantitative estimate of drug-likeness (QED) is 0.722. The molecule has 9 heteroatoms. The van der Waals surface area contributed by atoms with E-state index in [4.69, 9.17) is 10.3 Å². The summed E-state index contributed by atoms with van der Waals surface area (Å²) in [5.74, 6) is 1.68. The van der Waals surface area contributed by atoms with Crippen LogP contribution in [0.2, 0.25) is 0 Å². The number of anilines is 3. The summed E-state index contributed by atoms with van der Waals surface area (Å²) in [6.07, 6.45) is 3.58. The number of benzene rings is 1. The van der Waals surface area contributed by atoms with E-state index in [1.807, 2.05) is 24.3 Å². The van der Waals surface area contributed by atoms with Gasteiger partial charge in [-0.2, -0.15) is 9.97 Å². The zero-order chi connectivity index (χ0) is 19.3. The van der Waals surface area contributed by atoms with Gasteiger partial charge in [0, 0.05) is 43.5 Å². The van der Waals surface area contributed by atoms with Crippen LogP contribution in [0.3, 0.4) is 0 Å². The van der Waals surface area contributed by atoms with E-state index in [1.54, 1.807) is 11.8 Å². The van der Waals surface area contributed by atoms with Gasteiger partial charge in [-0.05, 0) is 25.0 Å². The smallest absolute Gasteiger partial charge is 0.263 e. The number of amides is 1. The van der Waals surface area contributed by atoms with E-state index in [-0.39, 0.29) is 17.9 Å². The van der Waals surface area contributed by atoms with Gasteiger partial charge in [0.2, 0.25) is 17.7 Å². The highest BCUT2D eigenvalue weighted by molar-refractivity contribution is 6.10. The van der Waals surface area contributed by atoms with Crippen molar-refractivity contribution in [2.75, 3.05) is 28.6 Å². The summed E-state index contributed by atoms with van der Waals surface area (Å²) in [5, 5.41) is 3.98. The minimum atomic E-state index is -0.133. The first kappa shape index (κ1) is 16.7. The lowest BCUT2D eigenvalue weighted by Crippen LogP contribution is -2.39. The molecule has 1 amide bonds. The number of hydrogen-bond donors (Lipinski definition) is 1. The van der Waals surface area contributed by atoms with Crippen molar-refractivity contribution in [2.24, 2.45) is 0 Å². The van der Waals surface area contributed by atoms with Crippen LogP contribution in [0.15, 0.2) is 35.0 Å². The molecule has 2 aliphatic heterocycles. The van der Waals surface area contributed by atoms with Gasteiger partial charge in [-0.25, -0.2) is 4.98 Å². The van der Waals surface area contributed by atoms with Crippen LogP contribution < -0.4 is 15.5 Å². The Kier molecular flexibility index (Phi) is 3.75. The molecule has 1 saturated heterocycles. The predicted molar refractivity (Wildman–Crippen MR) is 103 cm³/mol. The highest BCUT2D eigenvalue weighted by atomic mass is 16.5. The van der Waals surface area contributed by atoms with Gasteiger partial charge in [-0.15, -0.1) is 0 Å². The second kappa shape index (κ2) is 6.29. The van der Waals surface area contributed by atoms with Crippen molar-refractivity contribution in [1.29, 1.82) is 0 Å². The number of nitrogens with zero attached hydrogens (tertiary/aromatic N) is 6. The van der Waals surface area contributed by atoms with E-state index in [0.717, 1.165) is 30.6 Å². The second-order valence-electron chi connectivity index (χ2n) is 7.06. The van der Waals surface area contributed by atoms with E-state index in [2.05, 4.69) is 25.0 Å². The molecule has 1 atom stereocenters. The Hall–Kier alpha value is -3.49. The van der Waals surface area contributed by atoms with Crippen LogP contribution in [0.5, 0.6) is 0 Å². The number of fused-ring (bicyclic) bond motifs is 3. The Morgan fingerprint density at radius 3 is 3.00 bits per heavy atom. The normalized spacial score (nSPS) is 18.8. The number of hydrogen-bond acceptors (Lipinski definition) is 8. The Morgan fingerprint density at radius 2 is 2.18 bits per heavy atom. The molecule has 0 bridgehead atoms. The fourth-order valence-electron chi connectivity index (χ4n) is 3.95. The van der Waals surface area contributed by atoms with Crippen molar-refractivity contribution in [3.63, 3.8) is 0 Å². The Bertz CT molecular complexity index is 1060. The summed E-state index contributed by atoms with van der Waals surface area (Å²) in [5.41, 5.74) is 7.84. The third-order valence-corrected chi connectivity index (χ3v) is 5.25. The van der Waals surface area contributed by atoms with Gasteiger partial charge in [-0.3, -0.25) is 4.79 Å². The van der Waals surface area contributed by atoms with E-state index in [9.17, 15) is 4.79 Å². The van der Waals surface area contributed by atoms with E-state index in [1.165, 1.54) is 6.20 Å². The van der Waals surface area contributed by atoms with Crippen molar-refractivity contribution >= 4 is 23.4 Å². The first-order chi connectivity index (χ1) is 13.6.